The van der Waals surface area contributed by atoms with Crippen LogP contribution in [0, 0.1) is 0 Å². The SMILES string of the molecule is CC(=O)c1ccc(NC(=O)/C(CC(=O)/C=C\c2ccccc2)=N/NC(N)=S)cc1. The van der Waals surface area contributed by atoms with Gasteiger partial charge in [-0.15, -0.1) is 0 Å². The lowest BCUT2D eigenvalue weighted by molar-refractivity contribution is -0.115. The first-order valence-electron chi connectivity index (χ1n) is 8.65. The fraction of sp³-hybridized carbons (Fsp3) is 0.0952. The van der Waals surface area contributed by atoms with E-state index in [1.165, 1.54) is 13.0 Å². The lowest BCUT2D eigenvalue weighted by atomic mass is 10.1. The van der Waals surface area contributed by atoms with Crippen LogP contribution in [0.25, 0.3) is 6.08 Å². The number of Topliss-reactive ketones (excluding diaryl/α,β-unsaturated/α-hetero) is 1. The van der Waals surface area contributed by atoms with Crippen LogP contribution in [0.5, 0.6) is 0 Å². The number of hydrazone groups is 1. The molecule has 8 heteroatoms. The summed E-state index contributed by atoms with van der Waals surface area (Å²) in [6.07, 6.45) is 2.77. The van der Waals surface area contributed by atoms with Gasteiger partial charge in [0, 0.05) is 11.3 Å². The summed E-state index contributed by atoms with van der Waals surface area (Å²) in [5, 5.41) is 6.34. The van der Waals surface area contributed by atoms with E-state index in [-0.39, 0.29) is 28.8 Å². The normalized spacial score (nSPS) is 11.1. The largest absolute Gasteiger partial charge is 0.375 e. The minimum Gasteiger partial charge on any atom is -0.375 e. The van der Waals surface area contributed by atoms with E-state index in [2.05, 4.69) is 15.8 Å². The molecule has 0 saturated carbocycles. The third kappa shape index (κ3) is 7.47. The molecule has 0 bridgehead atoms. The average molecular weight is 408 g/mol. The molecule has 0 radical (unpaired) electrons. The molecule has 7 nitrogen and oxygen atoms in total. The smallest absolute Gasteiger partial charge is 0.272 e. The molecule has 0 atom stereocenters. The number of amides is 1. The molecule has 2 rings (SSSR count). The first kappa shape index (κ1) is 21.6. The van der Waals surface area contributed by atoms with E-state index in [1.807, 2.05) is 30.3 Å². The number of nitrogens with one attached hydrogen (secondary N) is 2. The van der Waals surface area contributed by atoms with Gasteiger partial charge in [0.05, 0.1) is 6.42 Å². The predicted octanol–water partition coefficient (Wildman–Crippen LogP) is 2.69. The Kier molecular flexibility index (Phi) is 7.93. The highest BCUT2D eigenvalue weighted by Crippen LogP contribution is 2.11. The van der Waals surface area contributed by atoms with E-state index in [0.29, 0.717) is 11.3 Å². The molecular weight excluding hydrogens is 388 g/mol. The molecule has 0 fully saturated rings. The van der Waals surface area contributed by atoms with Crippen molar-refractivity contribution >= 4 is 52.3 Å². The Morgan fingerprint density at radius 2 is 1.72 bits per heavy atom. The van der Waals surface area contributed by atoms with Crippen molar-refractivity contribution in [2.75, 3.05) is 5.32 Å². The highest BCUT2D eigenvalue weighted by molar-refractivity contribution is 7.80. The number of allylic oxidation sites excluding steroid dienone is 1. The summed E-state index contributed by atoms with van der Waals surface area (Å²) in [7, 11) is 0. The topological polar surface area (TPSA) is 114 Å². The molecule has 2 aromatic rings. The van der Waals surface area contributed by atoms with Gasteiger partial charge in [-0.3, -0.25) is 19.8 Å². The number of nitrogens with two attached hydrogens (primary N) is 1. The van der Waals surface area contributed by atoms with Crippen LogP contribution in [0.15, 0.2) is 65.8 Å². The molecule has 29 heavy (non-hydrogen) atoms. The van der Waals surface area contributed by atoms with E-state index < -0.39 is 5.91 Å². The van der Waals surface area contributed by atoms with E-state index in [9.17, 15) is 14.4 Å². The maximum absolute atomic E-state index is 12.5. The second-order valence-corrected chi connectivity index (χ2v) is 6.45. The lowest BCUT2D eigenvalue weighted by Crippen LogP contribution is -2.31. The average Bonchev–Trinajstić information content (AvgIpc) is 2.70. The van der Waals surface area contributed by atoms with E-state index >= 15 is 0 Å². The molecule has 0 spiro atoms. The van der Waals surface area contributed by atoms with Crippen molar-refractivity contribution in [3.63, 3.8) is 0 Å². The molecule has 148 valence electrons. The van der Waals surface area contributed by atoms with Crippen LogP contribution in [0.3, 0.4) is 0 Å². The van der Waals surface area contributed by atoms with Gasteiger partial charge in [-0.05, 0) is 55.0 Å². The number of benzene rings is 2. The van der Waals surface area contributed by atoms with Gasteiger partial charge in [-0.25, -0.2) is 0 Å². The third-order valence-corrected chi connectivity index (χ3v) is 3.81. The number of carbonyl (C=O) groups is 3. The molecule has 0 aromatic heterocycles. The molecule has 4 N–H and O–H groups in total. The van der Waals surface area contributed by atoms with Gasteiger partial charge in [0.25, 0.3) is 5.91 Å². The summed E-state index contributed by atoms with van der Waals surface area (Å²) in [5.74, 6) is -0.994. The quantitative estimate of drug-likeness (QED) is 0.203. The zero-order valence-corrected chi connectivity index (χ0v) is 16.5. The fourth-order valence-electron chi connectivity index (χ4n) is 2.26. The van der Waals surface area contributed by atoms with Gasteiger partial charge in [0.1, 0.15) is 5.71 Å². The molecule has 0 saturated heterocycles. The van der Waals surface area contributed by atoms with Crippen LogP contribution in [-0.2, 0) is 9.59 Å². The summed E-state index contributed by atoms with van der Waals surface area (Å²) >= 11 is 4.69. The zero-order valence-electron chi connectivity index (χ0n) is 15.7. The first-order valence-corrected chi connectivity index (χ1v) is 9.06. The summed E-state index contributed by atoms with van der Waals surface area (Å²) in [5.41, 5.74) is 9.43. The van der Waals surface area contributed by atoms with Gasteiger partial charge in [0.2, 0.25) is 0 Å². The van der Waals surface area contributed by atoms with Gasteiger partial charge in [0.15, 0.2) is 16.7 Å². The van der Waals surface area contributed by atoms with Crippen molar-refractivity contribution in [1.29, 1.82) is 0 Å². The highest BCUT2D eigenvalue weighted by atomic mass is 32.1. The highest BCUT2D eigenvalue weighted by Gasteiger charge is 2.16. The maximum Gasteiger partial charge on any atom is 0.272 e. The van der Waals surface area contributed by atoms with E-state index in [1.54, 1.807) is 30.3 Å². The number of hydrogen-bond donors (Lipinski definition) is 3. The first-order chi connectivity index (χ1) is 13.8. The number of hydrogen-bond acceptors (Lipinski definition) is 5. The Balaban J connectivity index is 2.10. The Morgan fingerprint density at radius 3 is 2.31 bits per heavy atom. The number of anilines is 1. The molecule has 2 aromatic carbocycles. The molecule has 0 aliphatic carbocycles. The Bertz CT molecular complexity index is 967. The van der Waals surface area contributed by atoms with Crippen LogP contribution in [0.4, 0.5) is 5.69 Å². The molecule has 0 unspecified atom stereocenters. The summed E-state index contributed by atoms with van der Waals surface area (Å²) < 4.78 is 0. The summed E-state index contributed by atoms with van der Waals surface area (Å²) in [4.78, 5) is 36.2. The number of ketones is 2. The van der Waals surface area contributed by atoms with Crippen LogP contribution in [0.1, 0.15) is 29.3 Å². The Hall–Kier alpha value is -3.65. The molecule has 0 aliphatic heterocycles. The monoisotopic (exact) mass is 408 g/mol. The number of carbonyl (C=O) groups excluding carboxylic acids is 3. The molecular formula is C21H20N4O3S. The molecule has 0 heterocycles. The van der Waals surface area contributed by atoms with Gasteiger partial charge < -0.3 is 11.1 Å². The van der Waals surface area contributed by atoms with Crippen molar-refractivity contribution in [2.24, 2.45) is 10.8 Å². The van der Waals surface area contributed by atoms with Crippen LogP contribution >= 0.6 is 12.2 Å². The second kappa shape index (κ2) is 10.6. The van der Waals surface area contributed by atoms with Crippen molar-refractivity contribution in [2.45, 2.75) is 13.3 Å². The van der Waals surface area contributed by atoms with E-state index in [4.69, 9.17) is 18.0 Å². The summed E-state index contributed by atoms with van der Waals surface area (Å²) in [6, 6.07) is 15.6. The number of rotatable bonds is 8. The Morgan fingerprint density at radius 1 is 1.07 bits per heavy atom. The minimum absolute atomic E-state index is 0.0819. The number of nitrogens with zero attached hydrogens (tertiary/aromatic N) is 1. The standard InChI is InChI=1S/C21H20N4O3S/c1-14(26)16-8-10-17(11-9-16)23-20(28)19(24-25-21(22)29)13-18(27)12-7-15-5-3-2-4-6-15/h2-12H,13H2,1H3,(H,23,28)(H3,22,25,29)/b12-7-,24-19+. The van der Waals surface area contributed by atoms with Crippen LogP contribution < -0.4 is 16.5 Å². The zero-order chi connectivity index (χ0) is 21.2. The fourth-order valence-corrected chi connectivity index (χ4v) is 2.31. The Labute approximate surface area is 173 Å². The van der Waals surface area contributed by atoms with Gasteiger partial charge in [-0.2, -0.15) is 5.10 Å². The van der Waals surface area contributed by atoms with Crippen molar-refractivity contribution in [3.8, 4) is 0 Å². The number of thiocarbonyl (C=S) groups is 1. The van der Waals surface area contributed by atoms with Crippen molar-refractivity contribution < 1.29 is 14.4 Å². The predicted molar refractivity (Wildman–Crippen MR) is 118 cm³/mol. The van der Waals surface area contributed by atoms with Crippen molar-refractivity contribution in [3.05, 3.63) is 71.8 Å². The van der Waals surface area contributed by atoms with Gasteiger partial charge in [-0.1, -0.05) is 36.4 Å². The van der Waals surface area contributed by atoms with Crippen molar-refractivity contribution in [1.82, 2.24) is 5.43 Å². The lowest BCUT2D eigenvalue weighted by Gasteiger charge is -2.08. The summed E-state index contributed by atoms with van der Waals surface area (Å²) in [6.45, 7) is 1.45. The van der Waals surface area contributed by atoms with Crippen LogP contribution in [0.2, 0.25) is 0 Å². The second-order valence-electron chi connectivity index (χ2n) is 6.01. The van der Waals surface area contributed by atoms with E-state index in [0.717, 1.165) is 5.56 Å². The van der Waals surface area contributed by atoms with Gasteiger partial charge >= 0.3 is 0 Å². The maximum atomic E-state index is 12.5. The molecule has 0 aliphatic rings. The minimum atomic E-state index is -0.592. The third-order valence-electron chi connectivity index (χ3n) is 3.72. The van der Waals surface area contributed by atoms with Crippen LogP contribution in [-0.4, -0.2) is 28.3 Å². The molecule has 1 amide bonds.